The molecule has 3 aromatic carbocycles. The third-order valence-electron chi connectivity index (χ3n) is 4.17. The summed E-state index contributed by atoms with van der Waals surface area (Å²) in [5.41, 5.74) is 2.26. The molecule has 1 aromatic heterocycles. The quantitative estimate of drug-likeness (QED) is 0.398. The molecular formula is C21H15NO2S. The van der Waals surface area contributed by atoms with E-state index in [9.17, 15) is 9.90 Å². The van der Waals surface area contributed by atoms with E-state index in [4.69, 9.17) is 4.98 Å². The Morgan fingerprint density at radius 2 is 1.48 bits per heavy atom. The molecule has 4 aromatic rings. The molecule has 0 aliphatic carbocycles. The van der Waals surface area contributed by atoms with Gasteiger partial charge < -0.3 is 5.11 Å². The van der Waals surface area contributed by atoms with Gasteiger partial charge in [-0.3, -0.25) is 4.98 Å². The molecule has 0 fully saturated rings. The van der Waals surface area contributed by atoms with Crippen molar-refractivity contribution in [2.75, 3.05) is 0 Å². The van der Waals surface area contributed by atoms with Crippen LogP contribution in [-0.4, -0.2) is 16.1 Å². The third-order valence-corrected chi connectivity index (χ3v) is 5.25. The van der Waals surface area contributed by atoms with Crippen LogP contribution in [0.5, 0.6) is 0 Å². The summed E-state index contributed by atoms with van der Waals surface area (Å²) in [6.07, 6.45) is 0. The van der Waals surface area contributed by atoms with E-state index in [1.54, 1.807) is 12.1 Å². The molecule has 0 aliphatic heterocycles. The number of fused-ring (bicyclic) bond motifs is 3. The summed E-state index contributed by atoms with van der Waals surface area (Å²) in [5.74, 6) is -0.283. The van der Waals surface area contributed by atoms with Crippen molar-refractivity contribution >= 4 is 39.4 Å². The van der Waals surface area contributed by atoms with Crippen LogP contribution in [0.1, 0.15) is 16.1 Å². The summed E-state index contributed by atoms with van der Waals surface area (Å²) >= 11 is 1.51. The monoisotopic (exact) mass is 345 g/mol. The highest BCUT2D eigenvalue weighted by molar-refractivity contribution is 7.98. The van der Waals surface area contributed by atoms with Crippen molar-refractivity contribution in [3.8, 4) is 0 Å². The Morgan fingerprint density at radius 1 is 0.840 bits per heavy atom. The zero-order valence-corrected chi connectivity index (χ0v) is 14.2. The number of carboxylic acids is 1. The van der Waals surface area contributed by atoms with Gasteiger partial charge in [-0.15, -0.1) is 11.8 Å². The number of nitrogens with zero attached hydrogens (tertiary/aromatic N) is 1. The fourth-order valence-corrected chi connectivity index (χ4v) is 4.00. The summed E-state index contributed by atoms with van der Waals surface area (Å²) in [6.45, 7) is 0. The highest BCUT2D eigenvalue weighted by Crippen LogP contribution is 2.31. The minimum atomic E-state index is -0.903. The van der Waals surface area contributed by atoms with Crippen LogP contribution >= 0.6 is 11.8 Å². The maximum Gasteiger partial charge on any atom is 0.336 e. The van der Waals surface area contributed by atoms with Crippen LogP contribution in [-0.2, 0) is 5.75 Å². The van der Waals surface area contributed by atoms with Gasteiger partial charge in [0.05, 0.1) is 16.8 Å². The number of carbonyl (C=O) groups is 1. The number of carboxylic acid groups (broad SMARTS) is 1. The number of hydrogen-bond donors (Lipinski definition) is 1. The minimum Gasteiger partial charge on any atom is -0.478 e. The van der Waals surface area contributed by atoms with Gasteiger partial charge in [0.1, 0.15) is 0 Å². The van der Waals surface area contributed by atoms with Crippen LogP contribution in [0.25, 0.3) is 21.7 Å². The summed E-state index contributed by atoms with van der Waals surface area (Å²) in [4.78, 5) is 17.0. The highest BCUT2D eigenvalue weighted by atomic mass is 32.2. The van der Waals surface area contributed by atoms with E-state index in [1.165, 1.54) is 17.1 Å². The van der Waals surface area contributed by atoms with Crippen LogP contribution < -0.4 is 0 Å². The molecule has 0 unspecified atom stereocenters. The number of pyridine rings is 1. The Balaban J connectivity index is 1.78. The molecule has 0 saturated heterocycles. The number of hydrogen-bond acceptors (Lipinski definition) is 3. The number of thioether (sulfide) groups is 1. The van der Waals surface area contributed by atoms with Gasteiger partial charge in [0.2, 0.25) is 0 Å². The highest BCUT2D eigenvalue weighted by Gasteiger charge is 2.12. The Bertz CT molecular complexity index is 1090. The van der Waals surface area contributed by atoms with E-state index in [-0.39, 0.29) is 0 Å². The smallest absolute Gasteiger partial charge is 0.336 e. The molecule has 0 amide bonds. The molecule has 122 valence electrons. The van der Waals surface area contributed by atoms with Gasteiger partial charge in [-0.2, -0.15) is 0 Å². The topological polar surface area (TPSA) is 50.2 Å². The first-order chi connectivity index (χ1) is 12.2. The molecule has 0 saturated carbocycles. The van der Waals surface area contributed by atoms with E-state index in [2.05, 4.69) is 18.2 Å². The molecule has 1 heterocycles. The van der Waals surface area contributed by atoms with E-state index < -0.39 is 5.97 Å². The van der Waals surface area contributed by atoms with Gasteiger partial charge in [0.15, 0.2) is 0 Å². The molecule has 0 atom stereocenters. The molecule has 0 bridgehead atoms. The van der Waals surface area contributed by atoms with Gasteiger partial charge in [0, 0.05) is 21.4 Å². The van der Waals surface area contributed by atoms with Gasteiger partial charge in [-0.25, -0.2) is 4.79 Å². The van der Waals surface area contributed by atoms with Crippen molar-refractivity contribution in [3.05, 3.63) is 84.1 Å². The van der Waals surface area contributed by atoms with Crippen LogP contribution in [0, 0.1) is 0 Å². The standard InChI is InChI=1S/C21H15NO2S/c23-21(24)17-10-4-6-12-20(17)25-13-19-16-9-2-1-7-14(16)15-8-3-5-11-18(15)22-19/h1-12H,13H2,(H,23,24). The average molecular weight is 345 g/mol. The van der Waals surface area contributed by atoms with Crippen molar-refractivity contribution in [2.45, 2.75) is 10.6 Å². The van der Waals surface area contributed by atoms with Crippen molar-refractivity contribution in [3.63, 3.8) is 0 Å². The lowest BCUT2D eigenvalue weighted by molar-refractivity contribution is 0.0693. The van der Waals surface area contributed by atoms with Crippen LogP contribution in [0.15, 0.2) is 77.7 Å². The summed E-state index contributed by atoms with van der Waals surface area (Å²) < 4.78 is 0. The second-order valence-electron chi connectivity index (χ2n) is 5.71. The Hall–Kier alpha value is -2.85. The van der Waals surface area contributed by atoms with Gasteiger partial charge in [-0.05, 0) is 23.6 Å². The number of aromatic carboxylic acids is 1. The molecule has 0 aliphatic rings. The summed E-state index contributed by atoms with van der Waals surface area (Å²) in [7, 11) is 0. The lowest BCUT2D eigenvalue weighted by atomic mass is 10.0. The fraction of sp³-hybridized carbons (Fsp3) is 0.0476. The van der Waals surface area contributed by atoms with Crippen LogP contribution in [0.4, 0.5) is 0 Å². The minimum absolute atomic E-state index is 0.331. The molecule has 25 heavy (non-hydrogen) atoms. The lowest BCUT2D eigenvalue weighted by Gasteiger charge is -2.10. The first-order valence-corrected chi connectivity index (χ1v) is 8.94. The maximum atomic E-state index is 11.4. The second kappa shape index (κ2) is 6.57. The van der Waals surface area contributed by atoms with E-state index in [0.717, 1.165) is 26.9 Å². The predicted molar refractivity (Wildman–Crippen MR) is 102 cm³/mol. The molecule has 0 spiro atoms. The van der Waals surface area contributed by atoms with Gasteiger partial charge >= 0.3 is 5.97 Å². The first kappa shape index (κ1) is 15.7. The molecular weight excluding hydrogens is 330 g/mol. The third kappa shape index (κ3) is 2.96. The van der Waals surface area contributed by atoms with E-state index >= 15 is 0 Å². The molecule has 3 nitrogen and oxygen atoms in total. The molecule has 4 rings (SSSR count). The maximum absolute atomic E-state index is 11.4. The van der Waals surface area contributed by atoms with E-state index in [0.29, 0.717) is 11.3 Å². The fourth-order valence-electron chi connectivity index (χ4n) is 3.00. The number of rotatable bonds is 4. The Kier molecular flexibility index (Phi) is 4.12. The van der Waals surface area contributed by atoms with Gasteiger partial charge in [0.25, 0.3) is 0 Å². The van der Waals surface area contributed by atoms with Crippen molar-refractivity contribution in [1.82, 2.24) is 4.98 Å². The number of benzene rings is 3. The SMILES string of the molecule is O=C(O)c1ccccc1SCc1nc2ccccc2c2ccccc12. The zero-order chi connectivity index (χ0) is 17.2. The number of aromatic nitrogens is 1. The van der Waals surface area contributed by atoms with Crippen molar-refractivity contribution in [1.29, 1.82) is 0 Å². The van der Waals surface area contributed by atoms with Crippen molar-refractivity contribution in [2.24, 2.45) is 0 Å². The molecule has 1 N–H and O–H groups in total. The largest absolute Gasteiger partial charge is 0.478 e. The van der Waals surface area contributed by atoms with Crippen molar-refractivity contribution < 1.29 is 9.90 Å². The predicted octanol–water partition coefficient (Wildman–Crippen LogP) is 5.38. The second-order valence-corrected chi connectivity index (χ2v) is 6.73. The van der Waals surface area contributed by atoms with E-state index in [1.807, 2.05) is 42.5 Å². The summed E-state index contributed by atoms with van der Waals surface area (Å²) in [6, 6.07) is 23.4. The average Bonchev–Trinajstić information content (AvgIpc) is 2.66. The normalized spacial score (nSPS) is 11.0. The van der Waals surface area contributed by atoms with Crippen LogP contribution in [0.2, 0.25) is 0 Å². The van der Waals surface area contributed by atoms with Gasteiger partial charge in [-0.1, -0.05) is 54.6 Å². The van der Waals surface area contributed by atoms with Crippen LogP contribution in [0.3, 0.4) is 0 Å². The molecule has 4 heteroatoms. The zero-order valence-electron chi connectivity index (χ0n) is 13.3. The lowest BCUT2D eigenvalue weighted by Crippen LogP contribution is -1.99. The summed E-state index contributed by atoms with van der Waals surface area (Å²) in [5, 5.41) is 12.8. The first-order valence-electron chi connectivity index (χ1n) is 7.95. The molecule has 0 radical (unpaired) electrons. The number of para-hydroxylation sites is 1. The Morgan fingerprint density at radius 3 is 2.28 bits per heavy atom. The Labute approximate surface area is 149 Å².